The van der Waals surface area contributed by atoms with E-state index in [4.69, 9.17) is 4.74 Å². The highest BCUT2D eigenvalue weighted by Gasteiger charge is 2.23. The third-order valence-corrected chi connectivity index (χ3v) is 4.32. The third kappa shape index (κ3) is 3.90. The molecule has 3 aromatic rings. The molecule has 0 amide bonds. The van der Waals surface area contributed by atoms with Gasteiger partial charge < -0.3 is 15.0 Å². The average Bonchev–Trinajstić information content (AvgIpc) is 3.37. The van der Waals surface area contributed by atoms with E-state index >= 15 is 0 Å². The Hall–Kier alpha value is -2.63. The summed E-state index contributed by atoms with van der Waals surface area (Å²) in [6, 6.07) is 9.89. The SMILES string of the molecule is CCCCc1nc2nc(Nc3ccccc3)nc(OCC3CC3)c2[nH]1. The van der Waals surface area contributed by atoms with Gasteiger partial charge in [0.2, 0.25) is 11.8 Å². The maximum atomic E-state index is 5.98. The van der Waals surface area contributed by atoms with Crippen molar-refractivity contribution in [1.82, 2.24) is 19.9 Å². The molecule has 4 rings (SSSR count). The predicted octanol–water partition coefficient (Wildman–Crippen LogP) is 4.23. The number of hydrogen-bond donors (Lipinski definition) is 2. The lowest BCUT2D eigenvalue weighted by Crippen LogP contribution is -2.05. The number of nitrogens with one attached hydrogen (secondary N) is 2. The topological polar surface area (TPSA) is 75.7 Å². The number of fused-ring (bicyclic) bond motifs is 1. The summed E-state index contributed by atoms with van der Waals surface area (Å²) in [4.78, 5) is 17.1. The molecule has 1 saturated carbocycles. The van der Waals surface area contributed by atoms with Crippen LogP contribution in [0.25, 0.3) is 11.2 Å². The molecular formula is C19H23N5O. The Labute approximate surface area is 147 Å². The third-order valence-electron chi connectivity index (χ3n) is 4.32. The van der Waals surface area contributed by atoms with Crippen molar-refractivity contribution < 1.29 is 4.74 Å². The number of ether oxygens (including phenoxy) is 1. The van der Waals surface area contributed by atoms with Crippen LogP contribution in [0, 0.1) is 5.92 Å². The van der Waals surface area contributed by atoms with Gasteiger partial charge in [-0.25, -0.2) is 4.98 Å². The normalized spacial score (nSPS) is 14.0. The standard InChI is InChI=1S/C19H23N5O/c1-2-3-9-15-21-16-17(22-15)23-19(20-14-7-5-4-6-8-14)24-18(16)25-12-13-10-11-13/h4-8,13H,2-3,9-12H2,1H3,(H2,20,21,22,23,24). The van der Waals surface area contributed by atoms with E-state index in [0.29, 0.717) is 30.0 Å². The summed E-state index contributed by atoms with van der Waals surface area (Å²) < 4.78 is 5.98. The van der Waals surface area contributed by atoms with Gasteiger partial charge in [-0.15, -0.1) is 0 Å². The number of anilines is 2. The Kier molecular flexibility index (Phi) is 4.50. The van der Waals surface area contributed by atoms with Crippen LogP contribution in [0.15, 0.2) is 30.3 Å². The van der Waals surface area contributed by atoms with Gasteiger partial charge in [0.05, 0.1) is 6.61 Å². The number of hydrogen-bond acceptors (Lipinski definition) is 5. The number of para-hydroxylation sites is 1. The lowest BCUT2D eigenvalue weighted by atomic mass is 10.2. The van der Waals surface area contributed by atoms with Gasteiger partial charge in [0.1, 0.15) is 11.3 Å². The predicted molar refractivity (Wildman–Crippen MR) is 98.2 cm³/mol. The zero-order valence-corrected chi connectivity index (χ0v) is 14.5. The fraction of sp³-hybridized carbons (Fsp3) is 0.421. The minimum Gasteiger partial charge on any atom is -0.476 e. The molecule has 1 fully saturated rings. The Balaban J connectivity index is 1.64. The average molecular weight is 337 g/mol. The number of H-pyrrole nitrogens is 1. The lowest BCUT2D eigenvalue weighted by Gasteiger charge is -2.08. The number of benzene rings is 1. The Morgan fingerprint density at radius 3 is 2.76 bits per heavy atom. The van der Waals surface area contributed by atoms with Crippen LogP contribution in [0.3, 0.4) is 0 Å². The van der Waals surface area contributed by atoms with Gasteiger partial charge in [-0.3, -0.25) is 0 Å². The number of aryl methyl sites for hydroxylation is 1. The zero-order valence-electron chi connectivity index (χ0n) is 14.5. The molecular weight excluding hydrogens is 314 g/mol. The Morgan fingerprint density at radius 1 is 1.16 bits per heavy atom. The fourth-order valence-corrected chi connectivity index (χ4v) is 2.67. The molecule has 2 aromatic heterocycles. The molecule has 130 valence electrons. The first kappa shape index (κ1) is 15.9. The van der Waals surface area contributed by atoms with Crippen molar-refractivity contribution >= 4 is 22.8 Å². The second kappa shape index (κ2) is 7.09. The number of unbranched alkanes of at least 4 members (excludes halogenated alkanes) is 1. The molecule has 0 aliphatic heterocycles. The van der Waals surface area contributed by atoms with E-state index in [-0.39, 0.29) is 0 Å². The molecule has 2 heterocycles. The summed E-state index contributed by atoms with van der Waals surface area (Å²) in [6.07, 6.45) is 5.63. The molecule has 0 radical (unpaired) electrons. The van der Waals surface area contributed by atoms with E-state index in [1.54, 1.807) is 0 Å². The smallest absolute Gasteiger partial charge is 0.245 e. The highest BCUT2D eigenvalue weighted by molar-refractivity contribution is 5.78. The molecule has 6 heteroatoms. The number of aromatic nitrogens is 4. The van der Waals surface area contributed by atoms with Crippen molar-refractivity contribution in [2.75, 3.05) is 11.9 Å². The van der Waals surface area contributed by atoms with Crippen molar-refractivity contribution in [1.29, 1.82) is 0 Å². The molecule has 2 N–H and O–H groups in total. The van der Waals surface area contributed by atoms with Gasteiger partial charge in [0.25, 0.3) is 0 Å². The Morgan fingerprint density at radius 2 is 2.00 bits per heavy atom. The van der Waals surface area contributed by atoms with E-state index in [1.807, 2.05) is 30.3 Å². The van der Waals surface area contributed by atoms with Gasteiger partial charge in [0, 0.05) is 12.1 Å². The number of nitrogens with zero attached hydrogens (tertiary/aromatic N) is 3. The molecule has 1 aromatic carbocycles. The molecule has 0 saturated heterocycles. The van der Waals surface area contributed by atoms with Gasteiger partial charge in [0.15, 0.2) is 5.65 Å². The molecule has 6 nitrogen and oxygen atoms in total. The summed E-state index contributed by atoms with van der Waals surface area (Å²) in [5.74, 6) is 2.71. The molecule has 0 unspecified atom stereocenters. The number of aromatic amines is 1. The zero-order chi connectivity index (χ0) is 17.1. The highest BCUT2D eigenvalue weighted by atomic mass is 16.5. The summed E-state index contributed by atoms with van der Waals surface area (Å²) in [6.45, 7) is 2.88. The minimum absolute atomic E-state index is 0.512. The van der Waals surface area contributed by atoms with Crippen LogP contribution in [0.5, 0.6) is 5.88 Å². The number of rotatable bonds is 8. The number of imidazole rings is 1. The largest absolute Gasteiger partial charge is 0.476 e. The summed E-state index contributed by atoms with van der Waals surface area (Å²) >= 11 is 0. The maximum Gasteiger partial charge on any atom is 0.245 e. The summed E-state index contributed by atoms with van der Waals surface area (Å²) in [5.41, 5.74) is 2.40. The summed E-state index contributed by atoms with van der Waals surface area (Å²) in [7, 11) is 0. The first-order valence-electron chi connectivity index (χ1n) is 9.03. The van der Waals surface area contributed by atoms with Crippen molar-refractivity contribution in [2.24, 2.45) is 5.92 Å². The van der Waals surface area contributed by atoms with Gasteiger partial charge in [-0.05, 0) is 37.3 Å². The van der Waals surface area contributed by atoms with Crippen LogP contribution in [0.2, 0.25) is 0 Å². The van der Waals surface area contributed by atoms with E-state index in [9.17, 15) is 0 Å². The van der Waals surface area contributed by atoms with Crippen molar-refractivity contribution in [3.8, 4) is 5.88 Å². The second-order valence-corrected chi connectivity index (χ2v) is 6.58. The minimum atomic E-state index is 0.512. The van der Waals surface area contributed by atoms with E-state index in [2.05, 4.69) is 32.2 Å². The molecule has 25 heavy (non-hydrogen) atoms. The van der Waals surface area contributed by atoms with Gasteiger partial charge >= 0.3 is 0 Å². The first-order chi connectivity index (χ1) is 12.3. The van der Waals surface area contributed by atoms with Crippen molar-refractivity contribution in [3.63, 3.8) is 0 Å². The summed E-state index contributed by atoms with van der Waals surface area (Å²) in [5, 5.41) is 3.24. The quantitative estimate of drug-likeness (QED) is 0.643. The monoisotopic (exact) mass is 337 g/mol. The van der Waals surface area contributed by atoms with Crippen molar-refractivity contribution in [3.05, 3.63) is 36.2 Å². The first-order valence-corrected chi connectivity index (χ1v) is 9.03. The van der Waals surface area contributed by atoms with Crippen LogP contribution in [-0.4, -0.2) is 26.5 Å². The highest BCUT2D eigenvalue weighted by Crippen LogP contribution is 2.31. The van der Waals surface area contributed by atoms with Crippen LogP contribution in [0.4, 0.5) is 11.6 Å². The van der Waals surface area contributed by atoms with Crippen LogP contribution >= 0.6 is 0 Å². The lowest BCUT2D eigenvalue weighted by molar-refractivity contribution is 0.292. The van der Waals surface area contributed by atoms with Crippen LogP contribution in [0.1, 0.15) is 38.4 Å². The van der Waals surface area contributed by atoms with Crippen LogP contribution < -0.4 is 10.1 Å². The molecule has 1 aliphatic carbocycles. The molecule has 0 spiro atoms. The maximum absolute atomic E-state index is 5.98. The van der Waals surface area contributed by atoms with E-state index in [0.717, 1.165) is 36.3 Å². The van der Waals surface area contributed by atoms with E-state index in [1.165, 1.54) is 12.8 Å². The molecule has 0 bridgehead atoms. The molecule has 1 aliphatic rings. The Bertz CT molecular complexity index is 842. The molecule has 0 atom stereocenters. The van der Waals surface area contributed by atoms with Crippen molar-refractivity contribution in [2.45, 2.75) is 39.0 Å². The fourth-order valence-electron chi connectivity index (χ4n) is 2.67. The van der Waals surface area contributed by atoms with Gasteiger partial charge in [-0.1, -0.05) is 31.5 Å². The van der Waals surface area contributed by atoms with Gasteiger partial charge in [-0.2, -0.15) is 9.97 Å². The van der Waals surface area contributed by atoms with E-state index < -0.39 is 0 Å². The van der Waals surface area contributed by atoms with Crippen LogP contribution in [-0.2, 0) is 6.42 Å². The second-order valence-electron chi connectivity index (χ2n) is 6.58.